The first-order chi connectivity index (χ1) is 19.0. The lowest BCUT2D eigenvalue weighted by Crippen LogP contribution is -2.50. The Bertz CT molecular complexity index is 1290. The minimum absolute atomic E-state index is 0.143. The Balaban J connectivity index is 1.21. The maximum Gasteiger partial charge on any atom is 0.266 e. The molecule has 0 saturated carbocycles. The zero-order valence-electron chi connectivity index (χ0n) is 23.0. The van der Waals surface area contributed by atoms with Gasteiger partial charge in [0.15, 0.2) is 0 Å². The minimum Gasteiger partial charge on any atom is -0.373 e. The van der Waals surface area contributed by atoms with E-state index in [-0.39, 0.29) is 17.5 Å². The van der Waals surface area contributed by atoms with Crippen molar-refractivity contribution in [2.45, 2.75) is 19.9 Å². The molecule has 1 amide bonds. The quantitative estimate of drug-likeness (QED) is 0.347. The molecule has 6 heteroatoms. The predicted molar refractivity (Wildman–Crippen MR) is 156 cm³/mol. The molecule has 2 saturated heterocycles. The number of nitrogens with zero attached hydrogens (tertiary/aromatic N) is 5. The third-order valence-corrected chi connectivity index (χ3v) is 8.09. The smallest absolute Gasteiger partial charge is 0.266 e. The summed E-state index contributed by atoms with van der Waals surface area (Å²) in [5.41, 5.74) is 6.62. The van der Waals surface area contributed by atoms with Crippen LogP contribution in [0.5, 0.6) is 0 Å². The Labute approximate surface area is 232 Å². The summed E-state index contributed by atoms with van der Waals surface area (Å²) < 4.78 is 0. The highest BCUT2D eigenvalue weighted by Crippen LogP contribution is 2.30. The second kappa shape index (κ2) is 12.2. The van der Waals surface area contributed by atoms with Crippen LogP contribution in [-0.4, -0.2) is 73.0 Å². The van der Waals surface area contributed by atoms with Crippen molar-refractivity contribution in [3.8, 4) is 6.07 Å². The Kier molecular flexibility index (Phi) is 8.29. The molecule has 2 aliphatic rings. The summed E-state index contributed by atoms with van der Waals surface area (Å²) in [7, 11) is 0. The first-order valence-corrected chi connectivity index (χ1v) is 13.9. The normalized spacial score (nSPS) is 16.9. The van der Waals surface area contributed by atoms with Crippen molar-refractivity contribution in [2.75, 3.05) is 57.3 Å². The van der Waals surface area contributed by atoms with Gasteiger partial charge in [-0.25, -0.2) is 0 Å². The molecule has 0 atom stereocenters. The molecule has 6 nitrogen and oxygen atoms in total. The van der Waals surface area contributed by atoms with Crippen LogP contribution in [0.15, 0.2) is 90.6 Å². The van der Waals surface area contributed by atoms with Crippen LogP contribution in [0, 0.1) is 25.2 Å². The average molecular weight is 520 g/mol. The van der Waals surface area contributed by atoms with Crippen molar-refractivity contribution < 1.29 is 4.79 Å². The van der Waals surface area contributed by atoms with Crippen molar-refractivity contribution in [3.05, 3.63) is 113 Å². The van der Waals surface area contributed by atoms with Gasteiger partial charge in [0.2, 0.25) is 0 Å². The molecule has 2 heterocycles. The van der Waals surface area contributed by atoms with Crippen LogP contribution in [0.4, 0.5) is 5.69 Å². The van der Waals surface area contributed by atoms with Gasteiger partial charge < -0.3 is 14.7 Å². The van der Waals surface area contributed by atoms with E-state index in [9.17, 15) is 10.1 Å². The molecule has 0 N–H and O–H groups in total. The third kappa shape index (κ3) is 6.00. The van der Waals surface area contributed by atoms with Crippen LogP contribution in [0.2, 0.25) is 0 Å². The molecule has 2 fully saturated rings. The Morgan fingerprint density at radius 2 is 1.36 bits per heavy atom. The number of hydrogen-bond acceptors (Lipinski definition) is 5. The number of aryl methyl sites for hydroxylation is 1. The number of hydrogen-bond donors (Lipinski definition) is 0. The first kappa shape index (κ1) is 26.5. The van der Waals surface area contributed by atoms with Crippen molar-refractivity contribution in [1.82, 2.24) is 14.7 Å². The van der Waals surface area contributed by atoms with Crippen molar-refractivity contribution in [3.63, 3.8) is 0 Å². The van der Waals surface area contributed by atoms with Gasteiger partial charge >= 0.3 is 0 Å². The average Bonchev–Trinajstić information content (AvgIpc) is 2.99. The zero-order chi connectivity index (χ0) is 27.2. The van der Waals surface area contributed by atoms with Crippen molar-refractivity contribution in [2.24, 2.45) is 0 Å². The molecule has 2 aliphatic heterocycles. The maximum atomic E-state index is 13.4. The van der Waals surface area contributed by atoms with Gasteiger partial charge in [0, 0.05) is 64.2 Å². The zero-order valence-corrected chi connectivity index (χ0v) is 23.0. The van der Waals surface area contributed by atoms with E-state index in [1.165, 1.54) is 27.9 Å². The lowest BCUT2D eigenvalue weighted by atomic mass is 9.96. The van der Waals surface area contributed by atoms with Gasteiger partial charge in [0.25, 0.3) is 5.91 Å². The summed E-state index contributed by atoms with van der Waals surface area (Å²) in [6.45, 7) is 10.4. The van der Waals surface area contributed by atoms with Crippen LogP contribution >= 0.6 is 0 Å². The molecular formula is C33H37N5O. The molecule has 5 rings (SSSR count). The fourth-order valence-electron chi connectivity index (χ4n) is 5.72. The molecule has 3 aromatic carbocycles. The molecule has 0 unspecified atom stereocenters. The molecule has 0 radical (unpaired) electrons. The van der Waals surface area contributed by atoms with E-state index in [4.69, 9.17) is 0 Å². The van der Waals surface area contributed by atoms with Gasteiger partial charge in [-0.15, -0.1) is 0 Å². The fourth-order valence-corrected chi connectivity index (χ4v) is 5.72. The number of rotatable bonds is 6. The molecule has 200 valence electrons. The van der Waals surface area contributed by atoms with E-state index in [0.717, 1.165) is 39.3 Å². The van der Waals surface area contributed by atoms with Gasteiger partial charge in [-0.1, -0.05) is 72.8 Å². The number of benzene rings is 3. The minimum atomic E-state index is -0.162. The summed E-state index contributed by atoms with van der Waals surface area (Å²) in [6, 6.07) is 29.9. The summed E-state index contributed by atoms with van der Waals surface area (Å²) in [6.07, 6.45) is 1.78. The number of piperazine rings is 2. The van der Waals surface area contributed by atoms with E-state index in [2.05, 4.69) is 101 Å². The lowest BCUT2D eigenvalue weighted by molar-refractivity contribution is -0.128. The molecule has 0 aromatic heterocycles. The van der Waals surface area contributed by atoms with Gasteiger partial charge in [-0.05, 0) is 42.2 Å². The van der Waals surface area contributed by atoms with E-state index in [1.54, 1.807) is 6.20 Å². The van der Waals surface area contributed by atoms with E-state index in [0.29, 0.717) is 13.1 Å². The monoisotopic (exact) mass is 519 g/mol. The molecule has 0 bridgehead atoms. The molecule has 3 aromatic rings. The number of carbonyl (C=O) groups is 1. The van der Waals surface area contributed by atoms with Crippen LogP contribution in [0.25, 0.3) is 0 Å². The standard InChI is InChI=1S/C33H37N5O/c1-26-10-9-15-31(27(26)2)36-18-16-35(17-19-36)25-30(24-34)33(39)38-22-20-37(21-23-38)32(28-11-5-3-6-12-28)29-13-7-4-8-14-29/h3-15,25,32H,16-23H2,1-2H3/b30-25-. The highest BCUT2D eigenvalue weighted by atomic mass is 16.2. The van der Waals surface area contributed by atoms with Crippen molar-refractivity contribution >= 4 is 11.6 Å². The predicted octanol–water partition coefficient (Wildman–Crippen LogP) is 4.77. The van der Waals surface area contributed by atoms with Crippen LogP contribution in [0.3, 0.4) is 0 Å². The van der Waals surface area contributed by atoms with Crippen LogP contribution < -0.4 is 4.90 Å². The second-order valence-corrected chi connectivity index (χ2v) is 10.4. The SMILES string of the molecule is Cc1cccc(N2CCN(/C=C(/C#N)C(=O)N3CCN(C(c4ccccc4)c4ccccc4)CC3)CC2)c1C. The number of carbonyl (C=O) groups excluding carboxylic acids is 1. The summed E-state index contributed by atoms with van der Waals surface area (Å²) in [4.78, 5) is 22.2. The fraction of sp³-hybridized carbons (Fsp3) is 0.333. The van der Waals surface area contributed by atoms with Crippen LogP contribution in [-0.2, 0) is 4.79 Å². The number of anilines is 1. The first-order valence-electron chi connectivity index (χ1n) is 13.9. The topological polar surface area (TPSA) is 53.8 Å². The number of amides is 1. The summed E-state index contributed by atoms with van der Waals surface area (Å²) >= 11 is 0. The van der Waals surface area contributed by atoms with Gasteiger partial charge in [-0.2, -0.15) is 5.26 Å². The summed E-state index contributed by atoms with van der Waals surface area (Å²) in [5.74, 6) is -0.162. The highest BCUT2D eigenvalue weighted by Gasteiger charge is 2.29. The Morgan fingerprint density at radius 3 is 1.92 bits per heavy atom. The number of nitriles is 1. The van der Waals surface area contributed by atoms with Crippen molar-refractivity contribution in [1.29, 1.82) is 5.26 Å². The lowest BCUT2D eigenvalue weighted by Gasteiger charge is -2.40. The van der Waals surface area contributed by atoms with E-state index >= 15 is 0 Å². The highest BCUT2D eigenvalue weighted by molar-refractivity contribution is 5.97. The Hall–Kier alpha value is -4.08. The largest absolute Gasteiger partial charge is 0.373 e. The van der Waals surface area contributed by atoms with Gasteiger partial charge in [-0.3, -0.25) is 9.69 Å². The van der Waals surface area contributed by atoms with E-state index in [1.807, 2.05) is 17.0 Å². The van der Waals surface area contributed by atoms with Crippen LogP contribution in [0.1, 0.15) is 28.3 Å². The summed E-state index contributed by atoms with van der Waals surface area (Å²) in [5, 5.41) is 9.88. The van der Waals surface area contributed by atoms with E-state index < -0.39 is 0 Å². The molecular weight excluding hydrogens is 482 g/mol. The second-order valence-electron chi connectivity index (χ2n) is 10.4. The molecule has 39 heavy (non-hydrogen) atoms. The van der Waals surface area contributed by atoms with Gasteiger partial charge in [0.05, 0.1) is 6.04 Å². The Morgan fingerprint density at radius 1 is 0.769 bits per heavy atom. The molecule has 0 aliphatic carbocycles. The van der Waals surface area contributed by atoms with Gasteiger partial charge in [0.1, 0.15) is 11.6 Å². The third-order valence-electron chi connectivity index (χ3n) is 8.09. The molecule has 0 spiro atoms. The maximum absolute atomic E-state index is 13.4.